The van der Waals surface area contributed by atoms with Crippen LogP contribution in [-0.4, -0.2) is 42.0 Å². The van der Waals surface area contributed by atoms with Crippen molar-refractivity contribution in [3.63, 3.8) is 0 Å². The van der Waals surface area contributed by atoms with Crippen molar-refractivity contribution in [2.75, 3.05) is 31.1 Å². The van der Waals surface area contributed by atoms with Gasteiger partial charge < -0.3 is 9.80 Å². The first kappa shape index (κ1) is 15.3. The van der Waals surface area contributed by atoms with Gasteiger partial charge in [0.25, 0.3) is 0 Å². The van der Waals surface area contributed by atoms with Crippen molar-refractivity contribution in [3.05, 3.63) is 52.4 Å². The largest absolute Gasteiger partial charge is 0.353 e. The van der Waals surface area contributed by atoms with Crippen LogP contribution in [-0.2, 0) is 4.79 Å². The molecule has 0 atom stereocenters. The number of thiophene rings is 1. The highest BCUT2D eigenvalue weighted by atomic mass is 32.1. The summed E-state index contributed by atoms with van der Waals surface area (Å²) in [5, 5.41) is 10.9. The van der Waals surface area contributed by atoms with Gasteiger partial charge in [-0.1, -0.05) is 6.07 Å². The van der Waals surface area contributed by atoms with Crippen molar-refractivity contribution < 1.29 is 4.79 Å². The molecule has 1 aliphatic rings. The topological polar surface area (TPSA) is 60.2 Å². The number of aromatic nitrogens is 1. The van der Waals surface area contributed by atoms with Gasteiger partial charge in [-0.25, -0.2) is 4.98 Å². The van der Waals surface area contributed by atoms with E-state index in [1.54, 1.807) is 35.7 Å². The molecule has 1 fully saturated rings. The molecule has 0 bridgehead atoms. The number of nitrogens with zero attached hydrogens (tertiary/aromatic N) is 4. The highest BCUT2D eigenvalue weighted by Crippen LogP contribution is 2.15. The summed E-state index contributed by atoms with van der Waals surface area (Å²) in [6, 6.07) is 9.56. The number of piperazine rings is 1. The Hall–Kier alpha value is -2.65. The number of pyridine rings is 1. The van der Waals surface area contributed by atoms with Crippen molar-refractivity contribution in [1.82, 2.24) is 9.88 Å². The van der Waals surface area contributed by atoms with Crippen LogP contribution in [0.3, 0.4) is 0 Å². The van der Waals surface area contributed by atoms with Gasteiger partial charge in [-0.2, -0.15) is 5.26 Å². The van der Waals surface area contributed by atoms with Crippen molar-refractivity contribution in [1.29, 1.82) is 5.26 Å². The molecule has 1 amide bonds. The summed E-state index contributed by atoms with van der Waals surface area (Å²) in [5.41, 5.74) is 0.604. The fourth-order valence-electron chi connectivity index (χ4n) is 2.46. The third-order valence-electron chi connectivity index (χ3n) is 3.72. The Morgan fingerprint density at radius 2 is 2.13 bits per heavy atom. The maximum atomic E-state index is 12.2. The molecule has 0 saturated carbocycles. The van der Waals surface area contributed by atoms with Gasteiger partial charge in [0.2, 0.25) is 5.91 Å². The molecule has 116 valence electrons. The molecule has 0 radical (unpaired) electrons. The standard InChI is InChI=1S/C17H16N4OS/c18-13-14-5-6-19-16(12-14)20-7-9-21(10-8-20)17(22)4-3-15-2-1-11-23-15/h1-6,11-12H,7-10H2/b4-3-. The predicted octanol–water partition coefficient (Wildman–Crippen LogP) is 2.38. The summed E-state index contributed by atoms with van der Waals surface area (Å²) in [4.78, 5) is 21.5. The van der Waals surface area contributed by atoms with Crippen molar-refractivity contribution >= 4 is 29.1 Å². The van der Waals surface area contributed by atoms with Crippen LogP contribution in [0.4, 0.5) is 5.82 Å². The van der Waals surface area contributed by atoms with Gasteiger partial charge >= 0.3 is 0 Å². The van der Waals surface area contributed by atoms with E-state index in [4.69, 9.17) is 5.26 Å². The summed E-state index contributed by atoms with van der Waals surface area (Å²) in [5.74, 6) is 0.835. The fraction of sp³-hybridized carbons (Fsp3) is 0.235. The van der Waals surface area contributed by atoms with E-state index in [1.165, 1.54) is 0 Å². The highest BCUT2D eigenvalue weighted by molar-refractivity contribution is 7.10. The molecule has 6 heteroatoms. The van der Waals surface area contributed by atoms with Gasteiger partial charge in [-0.05, 0) is 29.7 Å². The second-order valence-electron chi connectivity index (χ2n) is 5.18. The average molecular weight is 324 g/mol. The van der Waals surface area contributed by atoms with Crippen LogP contribution in [0.2, 0.25) is 0 Å². The molecule has 2 aromatic heterocycles. The summed E-state index contributed by atoms with van der Waals surface area (Å²) >= 11 is 1.61. The molecule has 1 aliphatic heterocycles. The lowest BCUT2D eigenvalue weighted by atomic mass is 10.2. The lowest BCUT2D eigenvalue weighted by Crippen LogP contribution is -2.48. The second kappa shape index (κ2) is 7.07. The molecular weight excluding hydrogens is 308 g/mol. The van der Waals surface area contributed by atoms with E-state index < -0.39 is 0 Å². The molecule has 3 heterocycles. The lowest BCUT2D eigenvalue weighted by molar-refractivity contribution is -0.126. The van der Waals surface area contributed by atoms with Crippen LogP contribution in [0.15, 0.2) is 41.9 Å². The number of hydrogen-bond acceptors (Lipinski definition) is 5. The van der Waals surface area contributed by atoms with E-state index in [9.17, 15) is 4.79 Å². The van der Waals surface area contributed by atoms with Crippen molar-refractivity contribution in [3.8, 4) is 6.07 Å². The first-order chi connectivity index (χ1) is 11.3. The summed E-state index contributed by atoms with van der Waals surface area (Å²) in [7, 11) is 0. The summed E-state index contributed by atoms with van der Waals surface area (Å²) < 4.78 is 0. The molecule has 0 spiro atoms. The number of anilines is 1. The van der Waals surface area contributed by atoms with E-state index in [0.29, 0.717) is 18.7 Å². The molecule has 0 unspecified atom stereocenters. The number of nitriles is 1. The van der Waals surface area contributed by atoms with Gasteiger partial charge in [0.15, 0.2) is 0 Å². The Kier molecular flexibility index (Phi) is 4.69. The summed E-state index contributed by atoms with van der Waals surface area (Å²) in [6.07, 6.45) is 5.14. The Labute approximate surface area is 139 Å². The summed E-state index contributed by atoms with van der Waals surface area (Å²) in [6.45, 7) is 2.76. The van der Waals surface area contributed by atoms with Crippen molar-refractivity contribution in [2.24, 2.45) is 0 Å². The second-order valence-corrected chi connectivity index (χ2v) is 6.15. The smallest absolute Gasteiger partial charge is 0.246 e. The molecule has 0 N–H and O–H groups in total. The number of rotatable bonds is 3. The molecule has 0 aliphatic carbocycles. The average Bonchev–Trinajstić information content (AvgIpc) is 3.13. The highest BCUT2D eigenvalue weighted by Gasteiger charge is 2.20. The van der Waals surface area contributed by atoms with Gasteiger partial charge in [0, 0.05) is 43.3 Å². The quantitative estimate of drug-likeness (QED) is 0.813. The maximum absolute atomic E-state index is 12.2. The van der Waals surface area contributed by atoms with E-state index in [1.807, 2.05) is 28.5 Å². The minimum absolute atomic E-state index is 0.0387. The molecule has 5 nitrogen and oxygen atoms in total. The van der Waals surface area contributed by atoms with Gasteiger partial charge in [-0.3, -0.25) is 4.79 Å². The maximum Gasteiger partial charge on any atom is 0.246 e. The normalized spacial score (nSPS) is 14.9. The van der Waals surface area contributed by atoms with Crippen LogP contribution in [0.1, 0.15) is 10.4 Å². The number of hydrogen-bond donors (Lipinski definition) is 0. The van der Waals surface area contributed by atoms with E-state index >= 15 is 0 Å². The van der Waals surface area contributed by atoms with E-state index in [0.717, 1.165) is 23.8 Å². The Balaban J connectivity index is 1.57. The number of carbonyl (C=O) groups is 1. The first-order valence-corrected chi connectivity index (χ1v) is 8.26. The Morgan fingerprint density at radius 1 is 1.30 bits per heavy atom. The minimum Gasteiger partial charge on any atom is -0.353 e. The third kappa shape index (κ3) is 3.76. The van der Waals surface area contributed by atoms with Crippen molar-refractivity contribution in [2.45, 2.75) is 0 Å². The molecule has 0 aromatic carbocycles. The zero-order valence-electron chi connectivity index (χ0n) is 12.6. The third-order valence-corrected chi connectivity index (χ3v) is 4.56. The first-order valence-electron chi connectivity index (χ1n) is 7.38. The van der Waals surface area contributed by atoms with Crippen LogP contribution < -0.4 is 4.90 Å². The predicted molar refractivity (Wildman–Crippen MR) is 91.1 cm³/mol. The zero-order valence-corrected chi connectivity index (χ0v) is 13.4. The molecule has 2 aromatic rings. The Morgan fingerprint density at radius 3 is 2.83 bits per heavy atom. The van der Waals surface area contributed by atoms with E-state index in [2.05, 4.69) is 16.0 Å². The number of amides is 1. The fourth-order valence-corrected chi connectivity index (χ4v) is 3.08. The molecule has 3 rings (SSSR count). The van der Waals surface area contributed by atoms with Gasteiger partial charge in [0.05, 0.1) is 11.6 Å². The zero-order chi connectivity index (χ0) is 16.1. The van der Waals surface area contributed by atoms with Gasteiger partial charge in [0.1, 0.15) is 5.82 Å². The monoisotopic (exact) mass is 324 g/mol. The lowest BCUT2D eigenvalue weighted by Gasteiger charge is -2.35. The van der Waals surface area contributed by atoms with Crippen LogP contribution in [0.5, 0.6) is 0 Å². The van der Waals surface area contributed by atoms with Crippen LogP contribution in [0, 0.1) is 11.3 Å². The molecule has 23 heavy (non-hydrogen) atoms. The SMILES string of the molecule is N#Cc1ccnc(N2CCN(C(=O)/C=C\c3cccs3)CC2)c1. The molecule has 1 saturated heterocycles. The molecular formula is C17H16N4OS. The Bertz CT molecular complexity index is 740. The van der Waals surface area contributed by atoms with Crippen LogP contribution in [0.25, 0.3) is 6.08 Å². The van der Waals surface area contributed by atoms with Gasteiger partial charge in [-0.15, -0.1) is 11.3 Å². The van der Waals surface area contributed by atoms with Crippen LogP contribution >= 0.6 is 11.3 Å². The number of carbonyl (C=O) groups excluding carboxylic acids is 1. The van der Waals surface area contributed by atoms with E-state index in [-0.39, 0.29) is 5.91 Å². The minimum atomic E-state index is 0.0387.